The fourth-order valence-electron chi connectivity index (χ4n) is 6.09. The van der Waals surface area contributed by atoms with Gasteiger partial charge in [0.05, 0.1) is 18.4 Å². The average Bonchev–Trinajstić information content (AvgIpc) is 3.12. The predicted octanol–water partition coefficient (Wildman–Crippen LogP) is 3.49. The molecule has 3 aliphatic rings. The monoisotopic (exact) mass is 434 g/mol. The Morgan fingerprint density at radius 1 is 1.27 bits per heavy atom. The van der Waals surface area contributed by atoms with Crippen LogP contribution < -0.4 is 5.48 Å². The fraction of sp³-hybridized carbons (Fsp3) is 0.696. The van der Waals surface area contributed by atoms with E-state index >= 15 is 0 Å². The number of nitrogens with zero attached hydrogens (tertiary/aromatic N) is 1. The minimum absolute atomic E-state index is 0.0613. The SMILES string of the molecule is CC(C)(C)[C@@H](NOCc1ccccc1)C(=O)N1[C@@H]2C[C@@H]3CC[C@@]2(CS1(=O)=O)C3(C)C. The van der Waals surface area contributed by atoms with E-state index in [9.17, 15) is 13.2 Å². The molecule has 1 heterocycles. The number of nitrogens with one attached hydrogen (secondary N) is 1. The number of rotatable bonds is 5. The normalized spacial score (nSPS) is 32.2. The third-order valence-electron chi connectivity index (χ3n) is 8.02. The van der Waals surface area contributed by atoms with E-state index < -0.39 is 21.5 Å². The maximum Gasteiger partial charge on any atom is 0.256 e. The third kappa shape index (κ3) is 3.21. The molecule has 0 unspecified atom stereocenters. The van der Waals surface area contributed by atoms with Crippen LogP contribution in [0.15, 0.2) is 30.3 Å². The first-order valence-electron chi connectivity index (χ1n) is 10.9. The predicted molar refractivity (Wildman–Crippen MR) is 116 cm³/mol. The number of hydrogen-bond acceptors (Lipinski definition) is 5. The highest BCUT2D eigenvalue weighted by Crippen LogP contribution is 2.70. The minimum atomic E-state index is -3.65. The van der Waals surface area contributed by atoms with Crippen LogP contribution in [0.5, 0.6) is 0 Å². The summed E-state index contributed by atoms with van der Waals surface area (Å²) in [4.78, 5) is 19.4. The van der Waals surface area contributed by atoms with Gasteiger partial charge >= 0.3 is 0 Å². The fourth-order valence-corrected chi connectivity index (χ4v) is 8.64. The van der Waals surface area contributed by atoms with E-state index in [1.165, 1.54) is 4.31 Å². The molecule has 4 atom stereocenters. The van der Waals surface area contributed by atoms with Crippen LogP contribution >= 0.6 is 0 Å². The van der Waals surface area contributed by atoms with Crippen molar-refractivity contribution in [3.63, 3.8) is 0 Å². The molecule has 0 radical (unpaired) electrons. The van der Waals surface area contributed by atoms with Gasteiger partial charge in [0.15, 0.2) is 0 Å². The zero-order chi connectivity index (χ0) is 21.9. The largest absolute Gasteiger partial charge is 0.296 e. The Labute approximate surface area is 180 Å². The topological polar surface area (TPSA) is 75.7 Å². The smallest absolute Gasteiger partial charge is 0.256 e. The summed E-state index contributed by atoms with van der Waals surface area (Å²) in [5, 5.41) is 0. The van der Waals surface area contributed by atoms with Gasteiger partial charge in [0.1, 0.15) is 6.04 Å². The summed E-state index contributed by atoms with van der Waals surface area (Å²) in [7, 11) is -3.65. The lowest BCUT2D eigenvalue weighted by atomic mass is 9.69. The van der Waals surface area contributed by atoms with Crippen LogP contribution in [0.2, 0.25) is 0 Å². The molecule has 6 nitrogen and oxygen atoms in total. The molecule has 1 aromatic rings. The van der Waals surface area contributed by atoms with Crippen molar-refractivity contribution in [2.24, 2.45) is 22.2 Å². The molecule has 1 aliphatic heterocycles. The van der Waals surface area contributed by atoms with Crippen molar-refractivity contribution in [3.8, 4) is 0 Å². The van der Waals surface area contributed by atoms with Crippen LogP contribution in [0.25, 0.3) is 0 Å². The molecular weight excluding hydrogens is 400 g/mol. The number of fused-ring (bicyclic) bond motifs is 1. The van der Waals surface area contributed by atoms with Crippen LogP contribution in [0.1, 0.15) is 59.4 Å². The van der Waals surface area contributed by atoms with Crippen molar-refractivity contribution >= 4 is 15.9 Å². The van der Waals surface area contributed by atoms with E-state index in [0.29, 0.717) is 12.5 Å². The third-order valence-corrected chi connectivity index (χ3v) is 9.94. The van der Waals surface area contributed by atoms with Gasteiger partial charge in [-0.15, -0.1) is 0 Å². The zero-order valence-corrected chi connectivity index (χ0v) is 19.5. The molecule has 1 amide bonds. The second-order valence-corrected chi connectivity index (χ2v) is 12.8. The van der Waals surface area contributed by atoms with Gasteiger partial charge in [0.25, 0.3) is 5.91 Å². The van der Waals surface area contributed by atoms with Crippen molar-refractivity contribution in [1.29, 1.82) is 0 Å². The second kappa shape index (κ2) is 7.04. The van der Waals surface area contributed by atoms with E-state index in [2.05, 4.69) is 19.3 Å². The molecule has 2 bridgehead atoms. The molecule has 2 aliphatic carbocycles. The van der Waals surface area contributed by atoms with Crippen LogP contribution in [-0.2, 0) is 26.3 Å². The summed E-state index contributed by atoms with van der Waals surface area (Å²) in [6.07, 6.45) is 2.72. The summed E-state index contributed by atoms with van der Waals surface area (Å²) in [6.45, 7) is 10.5. The quantitative estimate of drug-likeness (QED) is 0.718. The lowest BCUT2D eigenvalue weighted by Crippen LogP contribution is -2.56. The summed E-state index contributed by atoms with van der Waals surface area (Å²) in [5.41, 5.74) is 3.00. The van der Waals surface area contributed by atoms with Crippen LogP contribution in [0.3, 0.4) is 0 Å². The Bertz CT molecular complexity index is 922. The first kappa shape index (κ1) is 21.8. The number of hydrogen-bond donors (Lipinski definition) is 1. The number of amides is 1. The van der Waals surface area contributed by atoms with Gasteiger partial charge in [-0.2, -0.15) is 5.48 Å². The standard InChI is InChI=1S/C23H34N2O4S/c1-21(2,3)19(24-29-14-16-9-7-6-8-10-16)20(26)25-18-13-17-11-12-23(18,22(17,4)5)15-30(25,27)28/h6-10,17-19,24H,11-15H2,1-5H3/t17-,18+,19-,23-/m0/s1. The van der Waals surface area contributed by atoms with Gasteiger partial charge in [0.2, 0.25) is 10.0 Å². The van der Waals surface area contributed by atoms with Gasteiger partial charge in [-0.25, -0.2) is 12.7 Å². The highest BCUT2D eigenvalue weighted by atomic mass is 32.2. The number of hydroxylamine groups is 1. The molecule has 0 aromatic heterocycles. The molecule has 1 aromatic carbocycles. The molecular formula is C23H34N2O4S. The lowest BCUT2D eigenvalue weighted by Gasteiger charge is -2.38. The van der Waals surface area contributed by atoms with E-state index in [1.54, 1.807) is 0 Å². The van der Waals surface area contributed by atoms with Crippen molar-refractivity contribution in [3.05, 3.63) is 35.9 Å². The minimum Gasteiger partial charge on any atom is -0.296 e. The first-order valence-corrected chi connectivity index (χ1v) is 12.5. The molecule has 166 valence electrons. The average molecular weight is 435 g/mol. The van der Waals surface area contributed by atoms with E-state index in [1.807, 2.05) is 51.1 Å². The van der Waals surface area contributed by atoms with Gasteiger partial charge in [-0.05, 0) is 41.6 Å². The molecule has 30 heavy (non-hydrogen) atoms. The molecule has 1 N–H and O–H groups in total. The number of benzene rings is 1. The van der Waals surface area contributed by atoms with Gasteiger partial charge in [0, 0.05) is 5.41 Å². The van der Waals surface area contributed by atoms with Crippen LogP contribution in [0.4, 0.5) is 0 Å². The van der Waals surface area contributed by atoms with E-state index in [0.717, 1.165) is 24.8 Å². The van der Waals surface area contributed by atoms with Crippen molar-refractivity contribution in [1.82, 2.24) is 9.79 Å². The highest BCUT2D eigenvalue weighted by Gasteiger charge is 2.72. The van der Waals surface area contributed by atoms with Crippen molar-refractivity contribution in [2.45, 2.75) is 72.6 Å². The Morgan fingerprint density at radius 2 is 1.93 bits per heavy atom. The summed E-state index contributed by atoms with van der Waals surface area (Å²) >= 11 is 0. The number of carbonyl (C=O) groups is 1. The second-order valence-electron chi connectivity index (χ2n) is 10.9. The lowest BCUT2D eigenvalue weighted by molar-refractivity contribution is -0.140. The first-order chi connectivity index (χ1) is 13.9. The summed E-state index contributed by atoms with van der Waals surface area (Å²) in [5.74, 6) is 0.172. The Balaban J connectivity index is 1.57. The number of sulfonamides is 1. The van der Waals surface area contributed by atoms with Crippen LogP contribution in [-0.4, -0.2) is 36.5 Å². The Kier molecular flexibility index (Phi) is 5.11. The van der Waals surface area contributed by atoms with Crippen LogP contribution in [0, 0.1) is 22.2 Å². The Hall–Kier alpha value is -1.44. The maximum atomic E-state index is 13.7. The van der Waals surface area contributed by atoms with E-state index in [-0.39, 0.29) is 28.5 Å². The van der Waals surface area contributed by atoms with Crippen molar-refractivity contribution in [2.75, 3.05) is 5.75 Å². The zero-order valence-electron chi connectivity index (χ0n) is 18.6. The molecule has 1 saturated heterocycles. The number of carbonyl (C=O) groups excluding carboxylic acids is 1. The molecule has 4 rings (SSSR count). The Morgan fingerprint density at radius 3 is 2.53 bits per heavy atom. The van der Waals surface area contributed by atoms with Gasteiger partial charge in [-0.3, -0.25) is 9.63 Å². The molecule has 2 saturated carbocycles. The summed E-state index contributed by atoms with van der Waals surface area (Å²) in [6, 6.07) is 8.70. The van der Waals surface area contributed by atoms with Gasteiger partial charge < -0.3 is 0 Å². The highest BCUT2D eigenvalue weighted by molar-refractivity contribution is 7.90. The summed E-state index contributed by atoms with van der Waals surface area (Å²) < 4.78 is 27.7. The molecule has 7 heteroatoms. The van der Waals surface area contributed by atoms with Gasteiger partial charge in [-0.1, -0.05) is 65.0 Å². The molecule has 1 spiro atoms. The molecule has 3 fully saturated rings. The van der Waals surface area contributed by atoms with Crippen molar-refractivity contribution < 1.29 is 18.0 Å². The maximum absolute atomic E-state index is 13.7. The van der Waals surface area contributed by atoms with E-state index in [4.69, 9.17) is 4.84 Å².